The van der Waals surface area contributed by atoms with Crippen LogP contribution in [0.15, 0.2) is 60.3 Å². The summed E-state index contributed by atoms with van der Waals surface area (Å²) in [5.74, 6) is -0.319. The zero-order chi connectivity index (χ0) is 23.9. The van der Waals surface area contributed by atoms with E-state index in [1.54, 1.807) is 12.1 Å². The van der Waals surface area contributed by atoms with Crippen LogP contribution in [0.2, 0.25) is 0 Å². The number of carbonyl (C=O) groups is 1. The summed E-state index contributed by atoms with van der Waals surface area (Å²) in [5.41, 5.74) is 5.26. The average Bonchev–Trinajstić information content (AvgIpc) is 3.33. The third-order valence-electron chi connectivity index (χ3n) is 7.81. The molecule has 2 atom stereocenters. The summed E-state index contributed by atoms with van der Waals surface area (Å²) in [5, 5.41) is 19.4. The van der Waals surface area contributed by atoms with Gasteiger partial charge in [-0.1, -0.05) is 36.8 Å². The summed E-state index contributed by atoms with van der Waals surface area (Å²) in [6, 6.07) is 14.5. The standard InChI is InChI=1S/C28H30FN3O2/c1-19(33)30-17-21-6-4-3-5-20(21)11-13-28(34)14-12-23-15-26-22(16-27(23,28)2)18-31-32(26)25-9-7-24(29)8-10-25/h3-10,15,18,34H,11-14,16-17H2,1-2H3,(H,30,33)/t27-,28-/m0/s1. The van der Waals surface area contributed by atoms with E-state index in [-0.39, 0.29) is 17.1 Å². The van der Waals surface area contributed by atoms with Gasteiger partial charge in [-0.05, 0) is 79.1 Å². The quantitative estimate of drug-likeness (QED) is 0.559. The maximum Gasteiger partial charge on any atom is 0.217 e. The van der Waals surface area contributed by atoms with Crippen LogP contribution in [0, 0.1) is 11.2 Å². The largest absolute Gasteiger partial charge is 0.389 e. The summed E-state index contributed by atoms with van der Waals surface area (Å²) in [6.45, 7) is 4.19. The van der Waals surface area contributed by atoms with E-state index in [9.17, 15) is 14.3 Å². The second-order valence-corrected chi connectivity index (χ2v) is 9.83. The predicted octanol–water partition coefficient (Wildman–Crippen LogP) is 4.75. The molecule has 1 amide bonds. The van der Waals surface area contributed by atoms with Gasteiger partial charge in [0.1, 0.15) is 5.82 Å². The highest BCUT2D eigenvalue weighted by atomic mass is 19.1. The maximum atomic E-state index is 13.4. The number of hydrogen-bond acceptors (Lipinski definition) is 3. The molecule has 5 rings (SSSR count). The lowest BCUT2D eigenvalue weighted by atomic mass is 9.65. The molecule has 2 aliphatic rings. The Morgan fingerprint density at radius 3 is 2.65 bits per heavy atom. The Balaban J connectivity index is 1.38. The molecule has 0 aliphatic heterocycles. The highest BCUT2D eigenvalue weighted by molar-refractivity contribution is 5.72. The molecule has 0 saturated heterocycles. The summed E-state index contributed by atoms with van der Waals surface area (Å²) >= 11 is 0. The molecule has 2 aromatic carbocycles. The minimum atomic E-state index is -0.824. The number of amides is 1. The summed E-state index contributed by atoms with van der Waals surface area (Å²) in [6.07, 6.45) is 7.73. The maximum absolute atomic E-state index is 13.4. The fourth-order valence-corrected chi connectivity index (χ4v) is 5.65. The zero-order valence-electron chi connectivity index (χ0n) is 19.6. The number of carbonyl (C=O) groups excluding carboxylic acids is 1. The molecule has 0 radical (unpaired) electrons. The lowest BCUT2D eigenvalue weighted by molar-refractivity contribution is -0.119. The van der Waals surface area contributed by atoms with E-state index in [1.165, 1.54) is 24.6 Å². The summed E-state index contributed by atoms with van der Waals surface area (Å²) < 4.78 is 15.2. The van der Waals surface area contributed by atoms with E-state index in [0.29, 0.717) is 13.0 Å². The van der Waals surface area contributed by atoms with Gasteiger partial charge in [-0.25, -0.2) is 9.07 Å². The van der Waals surface area contributed by atoms with Gasteiger partial charge in [-0.15, -0.1) is 0 Å². The van der Waals surface area contributed by atoms with E-state index in [1.807, 2.05) is 29.1 Å². The topological polar surface area (TPSA) is 67.2 Å². The first-order valence-corrected chi connectivity index (χ1v) is 11.9. The molecule has 0 bridgehead atoms. The number of benzene rings is 2. The number of nitrogens with one attached hydrogen (secondary N) is 1. The number of aryl methyl sites for hydroxylation is 1. The number of rotatable bonds is 6. The lowest BCUT2D eigenvalue weighted by Crippen LogP contribution is -2.45. The number of aromatic nitrogens is 2. The van der Waals surface area contributed by atoms with Crippen LogP contribution in [0.1, 0.15) is 55.5 Å². The highest BCUT2D eigenvalue weighted by Crippen LogP contribution is 2.56. The first kappa shape index (κ1) is 22.5. The van der Waals surface area contributed by atoms with Crippen molar-refractivity contribution in [3.63, 3.8) is 0 Å². The molecule has 2 N–H and O–H groups in total. The first-order valence-electron chi connectivity index (χ1n) is 11.9. The van der Waals surface area contributed by atoms with Gasteiger partial charge in [0.05, 0.1) is 23.2 Å². The number of aliphatic hydroxyl groups is 1. The Morgan fingerprint density at radius 1 is 1.18 bits per heavy atom. The number of hydrogen-bond donors (Lipinski definition) is 2. The van der Waals surface area contributed by atoms with Crippen LogP contribution < -0.4 is 5.32 Å². The smallest absolute Gasteiger partial charge is 0.217 e. The molecule has 6 heteroatoms. The number of fused-ring (bicyclic) bond motifs is 2. The van der Waals surface area contributed by atoms with Gasteiger partial charge in [0.2, 0.25) is 5.91 Å². The second-order valence-electron chi connectivity index (χ2n) is 9.83. The molecule has 1 heterocycles. The van der Waals surface area contributed by atoms with Crippen molar-refractivity contribution in [2.45, 2.75) is 58.1 Å². The van der Waals surface area contributed by atoms with Crippen molar-refractivity contribution in [1.29, 1.82) is 0 Å². The Kier molecular flexibility index (Phi) is 5.64. The normalized spacial score (nSPS) is 23.2. The van der Waals surface area contributed by atoms with Crippen LogP contribution in [0.4, 0.5) is 4.39 Å². The first-order chi connectivity index (χ1) is 16.3. The zero-order valence-corrected chi connectivity index (χ0v) is 19.6. The molecule has 1 fully saturated rings. The van der Waals surface area contributed by atoms with Crippen LogP contribution in [-0.4, -0.2) is 26.4 Å². The molecule has 3 aromatic rings. The minimum absolute atomic E-state index is 0.0503. The van der Waals surface area contributed by atoms with Gasteiger partial charge < -0.3 is 10.4 Å². The monoisotopic (exact) mass is 459 g/mol. The van der Waals surface area contributed by atoms with Gasteiger partial charge in [-0.3, -0.25) is 4.79 Å². The lowest BCUT2D eigenvalue weighted by Gasteiger charge is -2.42. The number of halogens is 1. The minimum Gasteiger partial charge on any atom is -0.389 e. The Morgan fingerprint density at radius 2 is 1.91 bits per heavy atom. The molecule has 2 aliphatic carbocycles. The van der Waals surface area contributed by atoms with Gasteiger partial charge in [0.25, 0.3) is 0 Å². The molecule has 176 valence electrons. The van der Waals surface area contributed by atoms with Crippen LogP contribution in [0.5, 0.6) is 0 Å². The van der Waals surface area contributed by atoms with Crippen LogP contribution in [0.25, 0.3) is 11.8 Å². The van der Waals surface area contributed by atoms with Gasteiger partial charge in [-0.2, -0.15) is 5.10 Å². The van der Waals surface area contributed by atoms with E-state index in [2.05, 4.69) is 29.5 Å². The van der Waals surface area contributed by atoms with E-state index in [4.69, 9.17) is 0 Å². The summed E-state index contributed by atoms with van der Waals surface area (Å²) in [4.78, 5) is 11.4. The van der Waals surface area contributed by atoms with Crippen LogP contribution in [0.3, 0.4) is 0 Å². The van der Waals surface area contributed by atoms with E-state index < -0.39 is 5.60 Å². The van der Waals surface area contributed by atoms with E-state index >= 15 is 0 Å². The third kappa shape index (κ3) is 3.86. The number of nitrogens with zero attached hydrogens (tertiary/aromatic N) is 2. The van der Waals surface area contributed by atoms with Gasteiger partial charge >= 0.3 is 0 Å². The third-order valence-corrected chi connectivity index (χ3v) is 7.81. The summed E-state index contributed by atoms with van der Waals surface area (Å²) in [7, 11) is 0. The molecule has 5 nitrogen and oxygen atoms in total. The van der Waals surface area contributed by atoms with Crippen molar-refractivity contribution < 1.29 is 14.3 Å². The van der Waals surface area contributed by atoms with Crippen molar-refractivity contribution in [1.82, 2.24) is 15.1 Å². The second kappa shape index (κ2) is 8.51. The Labute approximate surface area is 199 Å². The van der Waals surface area contributed by atoms with Gasteiger partial charge in [0.15, 0.2) is 0 Å². The average molecular weight is 460 g/mol. The molecule has 1 saturated carbocycles. The van der Waals surface area contributed by atoms with Crippen molar-refractivity contribution in [3.8, 4) is 5.69 Å². The predicted molar refractivity (Wildman–Crippen MR) is 130 cm³/mol. The van der Waals surface area contributed by atoms with Crippen molar-refractivity contribution in [2.24, 2.45) is 5.41 Å². The molecule has 1 aromatic heterocycles. The van der Waals surface area contributed by atoms with Crippen molar-refractivity contribution >= 4 is 12.0 Å². The molecule has 0 unspecified atom stereocenters. The highest BCUT2D eigenvalue weighted by Gasteiger charge is 2.54. The fourth-order valence-electron chi connectivity index (χ4n) is 5.65. The Hall–Kier alpha value is -3.25. The van der Waals surface area contributed by atoms with Crippen LogP contribution in [-0.2, 0) is 24.2 Å². The van der Waals surface area contributed by atoms with Crippen molar-refractivity contribution in [2.75, 3.05) is 0 Å². The Bertz CT molecular complexity index is 1260. The SMILES string of the molecule is CC(=O)NCc1ccccc1CC[C@]1(O)CCC2=Cc3c(cnn3-c3ccc(F)cc3)C[C@@]21C. The molecule has 34 heavy (non-hydrogen) atoms. The molecule has 0 spiro atoms. The van der Waals surface area contributed by atoms with Crippen molar-refractivity contribution in [3.05, 3.63) is 88.5 Å². The molecular formula is C28H30FN3O2. The molecular weight excluding hydrogens is 429 g/mol. The van der Waals surface area contributed by atoms with E-state index in [0.717, 1.165) is 53.8 Å². The van der Waals surface area contributed by atoms with Gasteiger partial charge in [0, 0.05) is 18.9 Å². The van der Waals surface area contributed by atoms with Crippen LogP contribution >= 0.6 is 0 Å². The fraction of sp³-hybridized carbons (Fsp3) is 0.357.